The van der Waals surface area contributed by atoms with Crippen LogP contribution in [0.25, 0.3) is 0 Å². The maximum atomic E-state index is 12.0. The number of aryl methyl sites for hydroxylation is 2. The zero-order chi connectivity index (χ0) is 14.9. The number of sulfone groups is 1. The van der Waals surface area contributed by atoms with Gasteiger partial charge in [0.1, 0.15) is 5.82 Å². The number of carbonyl (C=O) groups is 1. The normalized spacial score (nSPS) is 11.3. The van der Waals surface area contributed by atoms with Crippen LogP contribution in [-0.2, 0) is 16.9 Å². The number of nitrogens with zero attached hydrogens (tertiary/aromatic N) is 2. The first kappa shape index (κ1) is 14.3. The van der Waals surface area contributed by atoms with Gasteiger partial charge in [0.2, 0.25) is 0 Å². The number of benzene rings is 1. The van der Waals surface area contributed by atoms with Crippen molar-refractivity contribution in [1.82, 2.24) is 9.78 Å². The van der Waals surface area contributed by atoms with E-state index in [2.05, 4.69) is 10.4 Å². The Kier molecular flexibility index (Phi) is 3.63. The van der Waals surface area contributed by atoms with E-state index in [-0.39, 0.29) is 10.8 Å². The first-order chi connectivity index (χ1) is 9.27. The Morgan fingerprint density at radius 1 is 1.25 bits per heavy atom. The highest BCUT2D eigenvalue weighted by Gasteiger charge is 2.11. The summed E-state index contributed by atoms with van der Waals surface area (Å²) < 4.78 is 24.2. The van der Waals surface area contributed by atoms with E-state index in [1.54, 1.807) is 17.8 Å². The van der Waals surface area contributed by atoms with Crippen LogP contribution in [0.2, 0.25) is 0 Å². The molecule has 1 amide bonds. The maximum Gasteiger partial charge on any atom is 0.256 e. The molecule has 106 valence electrons. The van der Waals surface area contributed by atoms with Gasteiger partial charge in [0.15, 0.2) is 9.84 Å². The van der Waals surface area contributed by atoms with E-state index in [0.29, 0.717) is 11.4 Å². The number of nitrogens with one attached hydrogen (secondary N) is 1. The molecule has 20 heavy (non-hydrogen) atoms. The van der Waals surface area contributed by atoms with Crippen molar-refractivity contribution in [2.45, 2.75) is 11.8 Å². The Hall–Kier alpha value is -2.15. The predicted molar refractivity (Wildman–Crippen MR) is 75.5 cm³/mol. The predicted octanol–water partition coefficient (Wildman–Crippen LogP) is 1.38. The summed E-state index contributed by atoms with van der Waals surface area (Å²) in [5, 5.41) is 6.84. The maximum absolute atomic E-state index is 12.0. The molecule has 0 aliphatic heterocycles. The van der Waals surface area contributed by atoms with Crippen LogP contribution < -0.4 is 5.32 Å². The van der Waals surface area contributed by atoms with Crippen molar-refractivity contribution < 1.29 is 13.2 Å². The summed E-state index contributed by atoms with van der Waals surface area (Å²) >= 11 is 0. The molecule has 1 aromatic heterocycles. The molecule has 1 N–H and O–H groups in total. The van der Waals surface area contributed by atoms with E-state index >= 15 is 0 Å². The van der Waals surface area contributed by atoms with Crippen LogP contribution >= 0.6 is 0 Å². The number of anilines is 1. The monoisotopic (exact) mass is 293 g/mol. The van der Waals surface area contributed by atoms with Crippen molar-refractivity contribution in [2.24, 2.45) is 7.05 Å². The zero-order valence-corrected chi connectivity index (χ0v) is 12.2. The third kappa shape index (κ3) is 3.05. The summed E-state index contributed by atoms with van der Waals surface area (Å²) in [7, 11) is -1.52. The summed E-state index contributed by atoms with van der Waals surface area (Å²) in [5.74, 6) is 0.271. The molecule has 1 aromatic carbocycles. The first-order valence-electron chi connectivity index (χ1n) is 5.89. The van der Waals surface area contributed by atoms with Crippen molar-refractivity contribution in [3.63, 3.8) is 0 Å². The Morgan fingerprint density at radius 2 is 1.85 bits per heavy atom. The highest BCUT2D eigenvalue weighted by molar-refractivity contribution is 7.90. The highest BCUT2D eigenvalue weighted by atomic mass is 32.2. The minimum atomic E-state index is -3.25. The lowest BCUT2D eigenvalue weighted by Crippen LogP contribution is -2.14. The lowest BCUT2D eigenvalue weighted by atomic mass is 10.2. The van der Waals surface area contributed by atoms with Crippen LogP contribution in [0, 0.1) is 6.92 Å². The van der Waals surface area contributed by atoms with Gasteiger partial charge in [0, 0.05) is 24.9 Å². The fourth-order valence-corrected chi connectivity index (χ4v) is 2.40. The fourth-order valence-electron chi connectivity index (χ4n) is 1.77. The van der Waals surface area contributed by atoms with Gasteiger partial charge in [-0.15, -0.1) is 0 Å². The molecule has 2 rings (SSSR count). The molecule has 0 aliphatic rings. The van der Waals surface area contributed by atoms with Gasteiger partial charge in [-0.1, -0.05) is 0 Å². The number of hydrogen-bond donors (Lipinski definition) is 1. The van der Waals surface area contributed by atoms with Gasteiger partial charge in [0.25, 0.3) is 5.91 Å². The molecule has 0 unspecified atom stereocenters. The summed E-state index contributed by atoms with van der Waals surface area (Å²) in [4.78, 5) is 12.2. The summed E-state index contributed by atoms with van der Waals surface area (Å²) in [6, 6.07) is 7.55. The van der Waals surface area contributed by atoms with Crippen molar-refractivity contribution in [3.8, 4) is 0 Å². The van der Waals surface area contributed by atoms with E-state index in [0.717, 1.165) is 11.9 Å². The van der Waals surface area contributed by atoms with Crippen LogP contribution in [-0.4, -0.2) is 30.4 Å². The average molecular weight is 293 g/mol. The number of hydrogen-bond acceptors (Lipinski definition) is 4. The van der Waals surface area contributed by atoms with Gasteiger partial charge in [-0.3, -0.25) is 9.48 Å². The van der Waals surface area contributed by atoms with Crippen molar-refractivity contribution in [2.75, 3.05) is 11.6 Å². The Balaban J connectivity index is 2.20. The smallest absolute Gasteiger partial charge is 0.256 e. The topological polar surface area (TPSA) is 81.1 Å². The SMILES string of the molecule is Cc1cc(NC(=O)c2ccc(S(C)(=O)=O)cc2)n(C)n1. The second-order valence-electron chi connectivity index (χ2n) is 4.55. The van der Waals surface area contributed by atoms with E-state index in [9.17, 15) is 13.2 Å². The quantitative estimate of drug-likeness (QED) is 0.927. The lowest BCUT2D eigenvalue weighted by Gasteiger charge is -2.05. The molecule has 1 heterocycles. The summed E-state index contributed by atoms with van der Waals surface area (Å²) in [5.41, 5.74) is 1.19. The van der Waals surface area contributed by atoms with E-state index in [4.69, 9.17) is 0 Å². The van der Waals surface area contributed by atoms with Gasteiger partial charge < -0.3 is 5.32 Å². The van der Waals surface area contributed by atoms with Gasteiger partial charge >= 0.3 is 0 Å². The molecule has 0 aliphatic carbocycles. The van der Waals surface area contributed by atoms with Gasteiger partial charge in [-0.25, -0.2) is 8.42 Å². The second-order valence-corrected chi connectivity index (χ2v) is 6.56. The summed E-state index contributed by atoms with van der Waals surface area (Å²) in [6.07, 6.45) is 1.13. The highest BCUT2D eigenvalue weighted by Crippen LogP contribution is 2.13. The van der Waals surface area contributed by atoms with Crippen LogP contribution in [0.3, 0.4) is 0 Å². The van der Waals surface area contributed by atoms with Crippen molar-refractivity contribution in [1.29, 1.82) is 0 Å². The number of carbonyl (C=O) groups excluding carboxylic acids is 1. The van der Waals surface area contributed by atoms with E-state index in [1.807, 2.05) is 6.92 Å². The molecule has 0 radical (unpaired) electrons. The minimum Gasteiger partial charge on any atom is -0.307 e. The summed E-state index contributed by atoms with van der Waals surface area (Å²) in [6.45, 7) is 1.83. The van der Waals surface area contributed by atoms with Gasteiger partial charge in [-0.05, 0) is 31.2 Å². The molecular weight excluding hydrogens is 278 g/mol. The average Bonchev–Trinajstić information content (AvgIpc) is 2.67. The van der Waals surface area contributed by atoms with Crippen LogP contribution in [0.4, 0.5) is 5.82 Å². The lowest BCUT2D eigenvalue weighted by molar-refractivity contribution is 0.102. The molecule has 0 fully saturated rings. The third-order valence-electron chi connectivity index (χ3n) is 2.79. The zero-order valence-electron chi connectivity index (χ0n) is 11.4. The molecule has 0 spiro atoms. The number of amides is 1. The molecule has 2 aromatic rings. The van der Waals surface area contributed by atoms with Crippen molar-refractivity contribution in [3.05, 3.63) is 41.6 Å². The standard InChI is InChI=1S/C13H15N3O3S/c1-9-8-12(16(2)15-9)14-13(17)10-4-6-11(7-5-10)20(3,18)19/h4-8H,1-3H3,(H,14,17). The molecule has 0 saturated heterocycles. The Bertz CT molecular complexity index is 746. The van der Waals surface area contributed by atoms with Gasteiger partial charge in [-0.2, -0.15) is 5.10 Å². The molecule has 0 atom stereocenters. The number of aromatic nitrogens is 2. The minimum absolute atomic E-state index is 0.186. The largest absolute Gasteiger partial charge is 0.307 e. The Labute approximate surface area is 117 Å². The number of rotatable bonds is 3. The first-order valence-corrected chi connectivity index (χ1v) is 7.78. The second kappa shape index (κ2) is 5.09. The van der Waals surface area contributed by atoms with Crippen molar-refractivity contribution >= 4 is 21.6 Å². The van der Waals surface area contributed by atoms with E-state index < -0.39 is 9.84 Å². The molecular formula is C13H15N3O3S. The van der Waals surface area contributed by atoms with E-state index in [1.165, 1.54) is 24.3 Å². The van der Waals surface area contributed by atoms with Crippen LogP contribution in [0.5, 0.6) is 0 Å². The fraction of sp³-hybridized carbons (Fsp3) is 0.231. The third-order valence-corrected chi connectivity index (χ3v) is 3.92. The molecule has 6 nitrogen and oxygen atoms in total. The molecule has 7 heteroatoms. The van der Waals surface area contributed by atoms with Gasteiger partial charge in [0.05, 0.1) is 10.6 Å². The van der Waals surface area contributed by atoms with Crippen LogP contribution in [0.15, 0.2) is 35.2 Å². The van der Waals surface area contributed by atoms with Crippen LogP contribution in [0.1, 0.15) is 16.1 Å². The Morgan fingerprint density at radius 3 is 2.30 bits per heavy atom. The molecule has 0 bridgehead atoms. The molecule has 0 saturated carbocycles.